The Labute approximate surface area is 196 Å². The molecule has 5 rings (SSSR count). The molecule has 2 aromatic rings. The molecule has 33 heavy (non-hydrogen) atoms. The lowest BCUT2D eigenvalue weighted by Gasteiger charge is -2.39. The lowest BCUT2D eigenvalue weighted by Crippen LogP contribution is -2.46. The fourth-order valence-electron chi connectivity index (χ4n) is 6.80. The van der Waals surface area contributed by atoms with Gasteiger partial charge in [0, 0.05) is 63.1 Å². The van der Waals surface area contributed by atoms with E-state index in [4.69, 9.17) is 4.42 Å². The molecule has 0 radical (unpaired) electrons. The van der Waals surface area contributed by atoms with E-state index in [1.54, 1.807) is 0 Å². The van der Waals surface area contributed by atoms with Crippen LogP contribution in [0.1, 0.15) is 51.2 Å². The highest BCUT2D eigenvalue weighted by Gasteiger charge is 2.49. The number of nitrogens with zero attached hydrogens (tertiary/aromatic N) is 3. The third-order valence-electron chi connectivity index (χ3n) is 7.92. The van der Waals surface area contributed by atoms with Crippen LogP contribution in [-0.2, 0) is 13.1 Å². The second kappa shape index (κ2) is 8.48. The number of hydrogen-bond acceptors (Lipinski definition) is 6. The molecule has 1 saturated carbocycles. The number of rotatable bonds is 5. The Hall–Kier alpha value is -2.31. The van der Waals surface area contributed by atoms with Gasteiger partial charge in [-0.05, 0) is 42.2 Å². The van der Waals surface area contributed by atoms with Gasteiger partial charge in [0.1, 0.15) is 12.0 Å². The third-order valence-corrected chi connectivity index (χ3v) is 7.92. The molecule has 2 bridgehead atoms. The summed E-state index contributed by atoms with van der Waals surface area (Å²) in [5.41, 5.74) is 2.59. The quantitative estimate of drug-likeness (QED) is 0.740. The minimum absolute atomic E-state index is 0.127. The molecule has 0 unspecified atom stereocenters. The second-order valence-electron chi connectivity index (χ2n) is 11.6. The molecule has 1 N–H and O–H groups in total. The molecular formula is C27H37N3O3. The predicted octanol–water partition coefficient (Wildman–Crippen LogP) is 4.07. The molecule has 3 heterocycles. The summed E-state index contributed by atoms with van der Waals surface area (Å²) in [6.07, 6.45) is 4.98. The number of benzene rings is 1. The fraction of sp³-hybridized carbons (Fsp3) is 0.593. The van der Waals surface area contributed by atoms with E-state index in [1.165, 1.54) is 24.8 Å². The van der Waals surface area contributed by atoms with E-state index < -0.39 is 5.63 Å². The Morgan fingerprint density at radius 3 is 2.48 bits per heavy atom. The SMILES string of the molecule is CC1(C)C[C@@H]2C[C@@](C)(CN2Cc2c(O)c(CN3CCN(c4ccccc4)CC3)coc2=O)C1. The average molecular weight is 452 g/mol. The van der Waals surface area contributed by atoms with Crippen molar-refractivity contribution in [2.45, 2.75) is 59.2 Å². The van der Waals surface area contributed by atoms with Gasteiger partial charge in [0.2, 0.25) is 0 Å². The van der Waals surface area contributed by atoms with Gasteiger partial charge in [0.05, 0.1) is 5.56 Å². The van der Waals surface area contributed by atoms with Crippen LogP contribution in [0.25, 0.3) is 0 Å². The summed E-state index contributed by atoms with van der Waals surface area (Å²) < 4.78 is 5.41. The topological polar surface area (TPSA) is 60.2 Å². The van der Waals surface area contributed by atoms with Crippen LogP contribution in [0.15, 0.2) is 45.8 Å². The first kappa shape index (κ1) is 22.5. The normalized spacial score (nSPS) is 27.7. The van der Waals surface area contributed by atoms with Crippen molar-refractivity contribution in [3.8, 4) is 5.75 Å². The van der Waals surface area contributed by atoms with E-state index in [-0.39, 0.29) is 11.2 Å². The summed E-state index contributed by atoms with van der Waals surface area (Å²) in [5.74, 6) is 0.127. The van der Waals surface area contributed by atoms with Gasteiger partial charge in [-0.15, -0.1) is 0 Å². The van der Waals surface area contributed by atoms with E-state index in [2.05, 4.69) is 59.7 Å². The van der Waals surface area contributed by atoms with Crippen molar-refractivity contribution in [1.82, 2.24) is 9.80 Å². The zero-order valence-electron chi connectivity index (χ0n) is 20.2. The first-order valence-electron chi connectivity index (χ1n) is 12.3. The summed E-state index contributed by atoms with van der Waals surface area (Å²) in [6, 6.07) is 10.9. The van der Waals surface area contributed by atoms with Crippen molar-refractivity contribution < 1.29 is 9.52 Å². The summed E-state index contributed by atoms with van der Waals surface area (Å²) in [4.78, 5) is 19.7. The molecule has 0 amide bonds. The van der Waals surface area contributed by atoms with Crippen LogP contribution >= 0.6 is 0 Å². The number of piperazine rings is 1. The highest BCUT2D eigenvalue weighted by Crippen LogP contribution is 2.52. The number of anilines is 1. The number of fused-ring (bicyclic) bond motifs is 2. The number of hydrogen-bond donors (Lipinski definition) is 1. The first-order chi connectivity index (χ1) is 15.7. The molecule has 2 aliphatic heterocycles. The van der Waals surface area contributed by atoms with E-state index in [9.17, 15) is 9.90 Å². The van der Waals surface area contributed by atoms with E-state index in [1.807, 2.05) is 6.07 Å². The van der Waals surface area contributed by atoms with Gasteiger partial charge in [-0.1, -0.05) is 39.0 Å². The van der Waals surface area contributed by atoms with Crippen molar-refractivity contribution in [2.75, 3.05) is 37.6 Å². The summed E-state index contributed by atoms with van der Waals surface area (Å²) >= 11 is 0. The van der Waals surface area contributed by atoms with Crippen LogP contribution in [0.4, 0.5) is 5.69 Å². The van der Waals surface area contributed by atoms with Gasteiger partial charge in [-0.3, -0.25) is 9.80 Å². The van der Waals surface area contributed by atoms with Crippen LogP contribution in [0.5, 0.6) is 5.75 Å². The van der Waals surface area contributed by atoms with Gasteiger partial charge >= 0.3 is 5.63 Å². The van der Waals surface area contributed by atoms with Crippen molar-refractivity contribution in [2.24, 2.45) is 10.8 Å². The minimum Gasteiger partial charge on any atom is -0.507 e. The molecule has 3 aliphatic rings. The predicted molar refractivity (Wildman–Crippen MR) is 131 cm³/mol. The average Bonchev–Trinajstić information content (AvgIpc) is 3.02. The molecule has 178 valence electrons. The molecule has 1 aromatic heterocycles. The maximum absolute atomic E-state index is 12.6. The summed E-state index contributed by atoms with van der Waals surface area (Å²) in [5, 5.41) is 11.1. The Kier molecular flexibility index (Phi) is 5.78. The van der Waals surface area contributed by atoms with Crippen molar-refractivity contribution in [1.29, 1.82) is 0 Å². The van der Waals surface area contributed by atoms with Crippen LogP contribution in [-0.4, -0.2) is 53.7 Å². The van der Waals surface area contributed by atoms with E-state index in [0.29, 0.717) is 35.7 Å². The standard InChI is InChI=1S/C27H37N3O3/c1-26(2)13-22-14-27(3,18-26)19-30(22)16-23-24(31)20(17-33-25(23)32)15-28-9-11-29(12-10-28)21-7-5-4-6-8-21/h4-8,17,22,31H,9-16,18-19H2,1-3H3/t22-,27-/m1/s1. The number of aromatic hydroxyl groups is 1. The van der Waals surface area contributed by atoms with E-state index in [0.717, 1.165) is 39.1 Å². The zero-order valence-corrected chi connectivity index (χ0v) is 20.2. The van der Waals surface area contributed by atoms with Crippen molar-refractivity contribution >= 4 is 5.69 Å². The summed E-state index contributed by atoms with van der Waals surface area (Å²) in [7, 11) is 0. The minimum atomic E-state index is -0.406. The number of para-hydroxylation sites is 1. The Morgan fingerprint density at radius 1 is 1.03 bits per heavy atom. The monoisotopic (exact) mass is 451 g/mol. The molecule has 3 fully saturated rings. The van der Waals surface area contributed by atoms with Crippen LogP contribution in [0.3, 0.4) is 0 Å². The smallest absolute Gasteiger partial charge is 0.343 e. The second-order valence-corrected chi connectivity index (χ2v) is 11.6. The highest BCUT2D eigenvalue weighted by molar-refractivity contribution is 5.46. The molecule has 2 saturated heterocycles. The van der Waals surface area contributed by atoms with Crippen LogP contribution < -0.4 is 10.5 Å². The Morgan fingerprint density at radius 2 is 1.76 bits per heavy atom. The van der Waals surface area contributed by atoms with Gasteiger partial charge in [-0.25, -0.2) is 4.79 Å². The van der Waals surface area contributed by atoms with Gasteiger partial charge in [0.15, 0.2) is 0 Å². The molecule has 1 aliphatic carbocycles. The zero-order chi connectivity index (χ0) is 23.2. The largest absolute Gasteiger partial charge is 0.507 e. The molecule has 2 atom stereocenters. The Bertz CT molecular complexity index is 1040. The first-order valence-corrected chi connectivity index (χ1v) is 12.3. The molecule has 6 heteroatoms. The van der Waals surface area contributed by atoms with Crippen LogP contribution in [0.2, 0.25) is 0 Å². The maximum Gasteiger partial charge on any atom is 0.343 e. The number of likely N-dealkylation sites (tertiary alicyclic amines) is 1. The van der Waals surface area contributed by atoms with Crippen LogP contribution in [0, 0.1) is 10.8 Å². The van der Waals surface area contributed by atoms with E-state index >= 15 is 0 Å². The van der Waals surface area contributed by atoms with Gasteiger partial charge < -0.3 is 14.4 Å². The Balaban J connectivity index is 1.26. The fourth-order valence-corrected chi connectivity index (χ4v) is 6.80. The lowest BCUT2D eigenvalue weighted by atomic mass is 9.65. The molecule has 1 aromatic carbocycles. The van der Waals surface area contributed by atoms with Gasteiger partial charge in [-0.2, -0.15) is 0 Å². The molecule has 0 spiro atoms. The van der Waals surface area contributed by atoms with Crippen molar-refractivity contribution in [3.05, 3.63) is 58.1 Å². The lowest BCUT2D eigenvalue weighted by molar-refractivity contribution is 0.126. The third kappa shape index (κ3) is 4.69. The van der Waals surface area contributed by atoms with Crippen molar-refractivity contribution in [3.63, 3.8) is 0 Å². The van der Waals surface area contributed by atoms with Gasteiger partial charge in [0.25, 0.3) is 0 Å². The highest BCUT2D eigenvalue weighted by atomic mass is 16.4. The molecular weight excluding hydrogens is 414 g/mol. The summed E-state index contributed by atoms with van der Waals surface area (Å²) in [6.45, 7) is 12.8. The maximum atomic E-state index is 12.6. The molecule has 6 nitrogen and oxygen atoms in total.